The molecule has 0 amide bonds. The molecule has 2 N–H and O–H groups in total. The second kappa shape index (κ2) is 5.90. The quantitative estimate of drug-likeness (QED) is 0.799. The maximum Gasteiger partial charge on any atom is 0.0952 e. The molecular weight excluding hydrogens is 268 g/mol. The van der Waals surface area contributed by atoms with Crippen LogP contribution in [0.4, 0.5) is 0 Å². The van der Waals surface area contributed by atoms with Gasteiger partial charge in [-0.15, -0.1) is 11.3 Å². The molecule has 1 atom stereocenters. The van der Waals surface area contributed by atoms with E-state index in [1.165, 1.54) is 0 Å². The average molecular weight is 282 g/mol. The number of thiazole rings is 1. The van der Waals surface area contributed by atoms with Crippen molar-refractivity contribution in [2.75, 3.05) is 0 Å². The van der Waals surface area contributed by atoms with Crippen LogP contribution in [0.3, 0.4) is 0 Å². The van der Waals surface area contributed by atoms with Gasteiger partial charge in [0.1, 0.15) is 0 Å². The first-order valence-electron chi connectivity index (χ1n) is 6.34. The van der Waals surface area contributed by atoms with Gasteiger partial charge in [-0.05, 0) is 0 Å². The van der Waals surface area contributed by atoms with E-state index in [-0.39, 0.29) is 6.04 Å². The lowest BCUT2D eigenvalue weighted by Gasteiger charge is -2.07. The SMILES string of the molecule is NC(Cc1nc(-c2ccccc2)cs1)c1cnccn1. The molecule has 20 heavy (non-hydrogen) atoms. The monoisotopic (exact) mass is 282 g/mol. The molecule has 5 heteroatoms. The van der Waals surface area contributed by atoms with Crippen molar-refractivity contribution in [3.63, 3.8) is 0 Å². The fourth-order valence-corrected chi connectivity index (χ4v) is 2.80. The summed E-state index contributed by atoms with van der Waals surface area (Å²) in [5.41, 5.74) is 9.06. The van der Waals surface area contributed by atoms with Gasteiger partial charge in [0.2, 0.25) is 0 Å². The van der Waals surface area contributed by atoms with Gasteiger partial charge in [0.05, 0.1) is 22.4 Å². The Kier molecular flexibility index (Phi) is 3.80. The molecule has 0 aliphatic heterocycles. The van der Waals surface area contributed by atoms with Crippen LogP contribution >= 0.6 is 11.3 Å². The lowest BCUT2D eigenvalue weighted by Crippen LogP contribution is -2.14. The van der Waals surface area contributed by atoms with Gasteiger partial charge in [0, 0.05) is 36.0 Å². The fourth-order valence-electron chi connectivity index (χ4n) is 1.94. The molecule has 1 unspecified atom stereocenters. The number of hydrogen-bond donors (Lipinski definition) is 1. The van der Waals surface area contributed by atoms with Gasteiger partial charge < -0.3 is 5.73 Å². The Balaban J connectivity index is 1.75. The lowest BCUT2D eigenvalue weighted by atomic mass is 10.1. The van der Waals surface area contributed by atoms with E-state index in [0.29, 0.717) is 6.42 Å². The van der Waals surface area contributed by atoms with Crippen molar-refractivity contribution < 1.29 is 0 Å². The maximum absolute atomic E-state index is 6.14. The van der Waals surface area contributed by atoms with Gasteiger partial charge in [0.15, 0.2) is 0 Å². The minimum Gasteiger partial charge on any atom is -0.322 e. The third kappa shape index (κ3) is 2.89. The zero-order valence-corrected chi connectivity index (χ0v) is 11.6. The van der Waals surface area contributed by atoms with Gasteiger partial charge in [-0.25, -0.2) is 4.98 Å². The summed E-state index contributed by atoms with van der Waals surface area (Å²) in [6.07, 6.45) is 5.69. The first-order valence-corrected chi connectivity index (χ1v) is 7.22. The highest BCUT2D eigenvalue weighted by Gasteiger charge is 2.12. The highest BCUT2D eigenvalue weighted by molar-refractivity contribution is 7.09. The van der Waals surface area contributed by atoms with Crippen LogP contribution in [0.15, 0.2) is 54.3 Å². The van der Waals surface area contributed by atoms with Crippen LogP contribution < -0.4 is 5.73 Å². The molecule has 0 saturated carbocycles. The summed E-state index contributed by atoms with van der Waals surface area (Å²) in [6, 6.07) is 9.97. The van der Waals surface area contributed by atoms with Crippen LogP contribution in [0.5, 0.6) is 0 Å². The predicted octanol–water partition coefficient (Wildman–Crippen LogP) is 2.84. The Labute approximate surface area is 121 Å². The number of benzene rings is 1. The second-order valence-corrected chi connectivity index (χ2v) is 5.38. The molecule has 3 rings (SSSR count). The first kappa shape index (κ1) is 12.9. The van der Waals surface area contributed by atoms with Crippen LogP contribution in [-0.2, 0) is 6.42 Å². The normalized spacial score (nSPS) is 12.2. The maximum atomic E-state index is 6.14. The van der Waals surface area contributed by atoms with Crippen molar-refractivity contribution in [3.8, 4) is 11.3 Å². The molecule has 2 heterocycles. The third-order valence-electron chi connectivity index (χ3n) is 2.98. The molecule has 0 radical (unpaired) electrons. The first-order chi connectivity index (χ1) is 9.83. The standard InChI is InChI=1S/C15H14N4S/c16-12(13-9-17-6-7-18-13)8-15-19-14(10-20-15)11-4-2-1-3-5-11/h1-7,9-10,12H,8,16H2. The van der Waals surface area contributed by atoms with E-state index < -0.39 is 0 Å². The van der Waals surface area contributed by atoms with Gasteiger partial charge in [0.25, 0.3) is 0 Å². The number of aromatic nitrogens is 3. The summed E-state index contributed by atoms with van der Waals surface area (Å²) < 4.78 is 0. The minimum absolute atomic E-state index is 0.168. The van der Waals surface area contributed by atoms with Crippen LogP contribution in [0.2, 0.25) is 0 Å². The van der Waals surface area contributed by atoms with Crippen LogP contribution in [0, 0.1) is 0 Å². The topological polar surface area (TPSA) is 64.7 Å². The summed E-state index contributed by atoms with van der Waals surface area (Å²) in [6.45, 7) is 0. The van der Waals surface area contributed by atoms with Gasteiger partial charge in [-0.2, -0.15) is 0 Å². The minimum atomic E-state index is -0.168. The van der Waals surface area contributed by atoms with Crippen molar-refractivity contribution in [1.29, 1.82) is 0 Å². The summed E-state index contributed by atoms with van der Waals surface area (Å²) in [4.78, 5) is 12.9. The van der Waals surface area contributed by atoms with Crippen molar-refractivity contribution >= 4 is 11.3 Å². The smallest absolute Gasteiger partial charge is 0.0952 e. The molecule has 0 saturated heterocycles. The molecule has 3 aromatic rings. The van der Waals surface area contributed by atoms with Crippen LogP contribution in [0.25, 0.3) is 11.3 Å². The van der Waals surface area contributed by atoms with Crippen molar-refractivity contribution in [2.24, 2.45) is 5.73 Å². The zero-order valence-electron chi connectivity index (χ0n) is 10.8. The Hall–Kier alpha value is -2.11. The molecule has 0 spiro atoms. The van der Waals surface area contributed by atoms with E-state index in [9.17, 15) is 0 Å². The number of hydrogen-bond acceptors (Lipinski definition) is 5. The Morgan fingerprint density at radius 2 is 2.00 bits per heavy atom. The molecule has 0 aliphatic rings. The largest absolute Gasteiger partial charge is 0.322 e. The molecule has 0 aliphatic carbocycles. The number of nitrogens with zero attached hydrogens (tertiary/aromatic N) is 3. The van der Waals surface area contributed by atoms with Gasteiger partial charge in [-0.1, -0.05) is 30.3 Å². The molecule has 100 valence electrons. The Morgan fingerprint density at radius 1 is 1.15 bits per heavy atom. The molecule has 0 bridgehead atoms. The zero-order chi connectivity index (χ0) is 13.8. The molecule has 2 aromatic heterocycles. The van der Waals surface area contributed by atoms with E-state index in [4.69, 9.17) is 5.73 Å². The van der Waals surface area contributed by atoms with E-state index in [2.05, 4.69) is 32.5 Å². The highest BCUT2D eigenvalue weighted by atomic mass is 32.1. The van der Waals surface area contributed by atoms with Crippen molar-refractivity contribution in [1.82, 2.24) is 15.0 Å². The number of rotatable bonds is 4. The average Bonchev–Trinajstić information content (AvgIpc) is 2.97. The van der Waals surface area contributed by atoms with Crippen molar-refractivity contribution in [2.45, 2.75) is 12.5 Å². The summed E-state index contributed by atoms with van der Waals surface area (Å²) in [5.74, 6) is 0. The van der Waals surface area contributed by atoms with E-state index >= 15 is 0 Å². The fraction of sp³-hybridized carbons (Fsp3) is 0.133. The Bertz CT molecular complexity index is 667. The van der Waals surface area contributed by atoms with E-state index in [0.717, 1.165) is 22.0 Å². The number of nitrogens with two attached hydrogens (primary N) is 1. The summed E-state index contributed by atoms with van der Waals surface area (Å²) in [7, 11) is 0. The molecule has 1 aromatic carbocycles. The van der Waals surface area contributed by atoms with Gasteiger partial charge in [-0.3, -0.25) is 9.97 Å². The van der Waals surface area contributed by atoms with E-state index in [1.807, 2.05) is 18.2 Å². The molecule has 4 nitrogen and oxygen atoms in total. The van der Waals surface area contributed by atoms with Crippen LogP contribution in [-0.4, -0.2) is 15.0 Å². The lowest BCUT2D eigenvalue weighted by molar-refractivity contribution is 0.688. The second-order valence-electron chi connectivity index (χ2n) is 4.43. The third-order valence-corrected chi connectivity index (χ3v) is 3.85. The van der Waals surface area contributed by atoms with Crippen LogP contribution in [0.1, 0.15) is 16.7 Å². The molecule has 0 fully saturated rings. The molecular formula is C15H14N4S. The Morgan fingerprint density at radius 3 is 2.75 bits per heavy atom. The van der Waals surface area contributed by atoms with Gasteiger partial charge >= 0.3 is 0 Å². The highest BCUT2D eigenvalue weighted by Crippen LogP contribution is 2.23. The van der Waals surface area contributed by atoms with E-state index in [1.54, 1.807) is 29.9 Å². The summed E-state index contributed by atoms with van der Waals surface area (Å²) in [5, 5.41) is 3.08. The summed E-state index contributed by atoms with van der Waals surface area (Å²) >= 11 is 1.63. The predicted molar refractivity (Wildman–Crippen MR) is 80.2 cm³/mol. The van der Waals surface area contributed by atoms with Crippen molar-refractivity contribution in [3.05, 3.63) is 65.0 Å².